The predicted octanol–water partition coefficient (Wildman–Crippen LogP) is 3.84. The molecule has 116 valence electrons. The highest BCUT2D eigenvalue weighted by Crippen LogP contribution is 2.17. The van der Waals surface area contributed by atoms with Crippen LogP contribution in [0.1, 0.15) is 28.8 Å². The van der Waals surface area contributed by atoms with Gasteiger partial charge in [-0.25, -0.2) is 4.79 Å². The van der Waals surface area contributed by atoms with Gasteiger partial charge in [0.2, 0.25) is 0 Å². The summed E-state index contributed by atoms with van der Waals surface area (Å²) in [5.74, 6) is 0.126. The normalized spacial score (nSPS) is 11.8. The van der Waals surface area contributed by atoms with Gasteiger partial charge in [0, 0.05) is 10.2 Å². The Hall–Kier alpha value is -2.08. The zero-order chi connectivity index (χ0) is 16.3. The molecule has 1 aromatic heterocycles. The number of ether oxygens (including phenoxy) is 1. The molecule has 5 nitrogen and oxygen atoms in total. The van der Waals surface area contributed by atoms with E-state index < -0.39 is 18.0 Å². The fourth-order valence-corrected chi connectivity index (χ4v) is 2.15. The summed E-state index contributed by atoms with van der Waals surface area (Å²) in [5, 5.41) is 2.69. The van der Waals surface area contributed by atoms with Crippen molar-refractivity contribution < 1.29 is 18.7 Å². The monoisotopic (exact) mass is 365 g/mol. The Morgan fingerprint density at radius 3 is 2.41 bits per heavy atom. The molecule has 0 radical (unpaired) electrons. The van der Waals surface area contributed by atoms with E-state index >= 15 is 0 Å². The van der Waals surface area contributed by atoms with Gasteiger partial charge in [-0.05, 0) is 51.1 Å². The van der Waals surface area contributed by atoms with Gasteiger partial charge < -0.3 is 14.5 Å². The van der Waals surface area contributed by atoms with Gasteiger partial charge in [-0.1, -0.05) is 15.9 Å². The zero-order valence-corrected chi connectivity index (χ0v) is 14.1. The molecule has 0 bridgehead atoms. The summed E-state index contributed by atoms with van der Waals surface area (Å²) in [5.41, 5.74) is 0.965. The number of esters is 1. The minimum atomic E-state index is -0.911. The minimum absolute atomic E-state index is 0.334. The molecular weight excluding hydrogens is 350 g/mol. The first-order valence-electron chi connectivity index (χ1n) is 6.71. The molecule has 1 N–H and O–H groups in total. The first-order chi connectivity index (χ1) is 10.4. The Labute approximate surface area is 136 Å². The second-order valence-electron chi connectivity index (χ2n) is 4.87. The van der Waals surface area contributed by atoms with E-state index in [-0.39, 0.29) is 0 Å². The van der Waals surface area contributed by atoms with E-state index in [0.29, 0.717) is 22.8 Å². The van der Waals surface area contributed by atoms with Crippen molar-refractivity contribution in [2.24, 2.45) is 0 Å². The summed E-state index contributed by atoms with van der Waals surface area (Å²) in [4.78, 5) is 24.1. The van der Waals surface area contributed by atoms with Crippen LogP contribution in [0.2, 0.25) is 0 Å². The third kappa shape index (κ3) is 3.98. The van der Waals surface area contributed by atoms with Crippen molar-refractivity contribution in [3.63, 3.8) is 0 Å². The van der Waals surface area contributed by atoms with Crippen LogP contribution in [0.5, 0.6) is 0 Å². The third-order valence-corrected chi connectivity index (χ3v) is 3.55. The van der Waals surface area contributed by atoms with Crippen LogP contribution in [-0.2, 0) is 9.53 Å². The number of amides is 1. The van der Waals surface area contributed by atoms with E-state index in [4.69, 9.17) is 9.15 Å². The van der Waals surface area contributed by atoms with Crippen LogP contribution in [0.15, 0.2) is 39.2 Å². The van der Waals surface area contributed by atoms with E-state index in [1.54, 1.807) is 32.0 Å². The Balaban J connectivity index is 1.97. The predicted molar refractivity (Wildman–Crippen MR) is 85.8 cm³/mol. The number of furan rings is 1. The highest BCUT2D eigenvalue weighted by Gasteiger charge is 2.22. The highest BCUT2D eigenvalue weighted by atomic mass is 79.9. The number of carbonyl (C=O) groups is 2. The van der Waals surface area contributed by atoms with E-state index in [0.717, 1.165) is 4.47 Å². The number of rotatable bonds is 4. The molecule has 1 amide bonds. The molecule has 0 aliphatic carbocycles. The largest absolute Gasteiger partial charge is 0.466 e. The zero-order valence-electron chi connectivity index (χ0n) is 12.5. The summed E-state index contributed by atoms with van der Waals surface area (Å²) in [7, 11) is 0. The molecule has 0 saturated heterocycles. The lowest BCUT2D eigenvalue weighted by Gasteiger charge is -2.13. The van der Waals surface area contributed by atoms with Gasteiger partial charge in [-0.15, -0.1) is 0 Å². The van der Waals surface area contributed by atoms with Crippen molar-refractivity contribution in [2.75, 3.05) is 5.32 Å². The molecule has 1 atom stereocenters. The molecule has 2 aromatic rings. The van der Waals surface area contributed by atoms with Gasteiger partial charge >= 0.3 is 5.97 Å². The Morgan fingerprint density at radius 1 is 1.23 bits per heavy atom. The Bertz CT molecular complexity index is 691. The van der Waals surface area contributed by atoms with Crippen molar-refractivity contribution >= 4 is 33.5 Å². The summed E-state index contributed by atoms with van der Waals surface area (Å²) >= 11 is 3.32. The molecule has 0 saturated carbocycles. The maximum absolute atomic E-state index is 12.0. The standard InChI is InChI=1S/C16H16BrNO4/c1-9-8-14(10(2)21-9)16(20)22-11(3)15(19)18-13-6-4-12(17)5-7-13/h4-8,11H,1-3H3,(H,18,19)/t11-/m1/s1. The van der Waals surface area contributed by atoms with Crippen LogP contribution in [0.3, 0.4) is 0 Å². The Morgan fingerprint density at radius 2 is 1.86 bits per heavy atom. The molecule has 0 aliphatic heterocycles. The molecule has 22 heavy (non-hydrogen) atoms. The van der Waals surface area contributed by atoms with Crippen molar-refractivity contribution in [1.82, 2.24) is 0 Å². The van der Waals surface area contributed by atoms with E-state index in [1.807, 2.05) is 12.1 Å². The smallest absolute Gasteiger partial charge is 0.342 e. The quantitative estimate of drug-likeness (QED) is 0.835. The van der Waals surface area contributed by atoms with Gasteiger partial charge in [0.1, 0.15) is 17.1 Å². The lowest BCUT2D eigenvalue weighted by molar-refractivity contribution is -0.123. The first kappa shape index (κ1) is 16.3. The maximum Gasteiger partial charge on any atom is 0.342 e. The molecule has 1 aromatic carbocycles. The number of aryl methyl sites for hydroxylation is 2. The first-order valence-corrected chi connectivity index (χ1v) is 7.50. The molecule has 0 fully saturated rings. The fourth-order valence-electron chi connectivity index (χ4n) is 1.89. The van der Waals surface area contributed by atoms with Crippen LogP contribution >= 0.6 is 15.9 Å². The lowest BCUT2D eigenvalue weighted by Crippen LogP contribution is -2.30. The minimum Gasteiger partial charge on any atom is -0.466 e. The maximum atomic E-state index is 12.0. The molecule has 0 aliphatic rings. The molecular formula is C16H16BrNO4. The van der Waals surface area contributed by atoms with Gasteiger partial charge in [0.15, 0.2) is 6.10 Å². The second-order valence-corrected chi connectivity index (χ2v) is 5.79. The molecule has 2 rings (SSSR count). The number of nitrogens with one attached hydrogen (secondary N) is 1. The van der Waals surface area contributed by atoms with Crippen molar-refractivity contribution in [2.45, 2.75) is 26.9 Å². The summed E-state index contributed by atoms with van der Waals surface area (Å²) in [6.45, 7) is 4.94. The van der Waals surface area contributed by atoms with Crippen molar-refractivity contribution in [3.05, 3.63) is 51.9 Å². The van der Waals surface area contributed by atoms with E-state index in [1.165, 1.54) is 6.92 Å². The second kappa shape index (κ2) is 6.79. The van der Waals surface area contributed by atoms with Crippen LogP contribution in [0.25, 0.3) is 0 Å². The van der Waals surface area contributed by atoms with Crippen LogP contribution in [0, 0.1) is 13.8 Å². The van der Waals surface area contributed by atoms with E-state index in [9.17, 15) is 9.59 Å². The summed E-state index contributed by atoms with van der Waals surface area (Å²) in [6.07, 6.45) is -0.911. The van der Waals surface area contributed by atoms with Crippen LogP contribution in [0.4, 0.5) is 5.69 Å². The fraction of sp³-hybridized carbons (Fsp3) is 0.250. The van der Waals surface area contributed by atoms with Crippen molar-refractivity contribution in [1.29, 1.82) is 0 Å². The van der Waals surface area contributed by atoms with Gasteiger partial charge in [0.05, 0.1) is 0 Å². The van der Waals surface area contributed by atoms with Crippen LogP contribution in [-0.4, -0.2) is 18.0 Å². The summed E-state index contributed by atoms with van der Waals surface area (Å²) < 4.78 is 11.4. The van der Waals surface area contributed by atoms with Crippen molar-refractivity contribution in [3.8, 4) is 0 Å². The van der Waals surface area contributed by atoms with E-state index in [2.05, 4.69) is 21.2 Å². The number of benzene rings is 1. The third-order valence-electron chi connectivity index (χ3n) is 3.03. The summed E-state index contributed by atoms with van der Waals surface area (Å²) in [6, 6.07) is 8.71. The molecule has 1 heterocycles. The molecule has 6 heteroatoms. The number of hydrogen-bond acceptors (Lipinski definition) is 4. The topological polar surface area (TPSA) is 68.5 Å². The van der Waals surface area contributed by atoms with Gasteiger partial charge in [-0.2, -0.15) is 0 Å². The average molecular weight is 366 g/mol. The molecule has 0 spiro atoms. The highest BCUT2D eigenvalue weighted by molar-refractivity contribution is 9.10. The van der Waals surface area contributed by atoms with Gasteiger partial charge in [-0.3, -0.25) is 4.79 Å². The number of halogens is 1. The van der Waals surface area contributed by atoms with Gasteiger partial charge in [0.25, 0.3) is 5.91 Å². The Kier molecular flexibility index (Phi) is 5.03. The number of hydrogen-bond donors (Lipinski definition) is 1. The SMILES string of the molecule is Cc1cc(C(=O)O[C@H](C)C(=O)Nc2ccc(Br)cc2)c(C)o1. The molecule has 0 unspecified atom stereocenters. The van der Waals surface area contributed by atoms with Crippen LogP contribution < -0.4 is 5.32 Å². The average Bonchev–Trinajstić information content (AvgIpc) is 2.80. The number of carbonyl (C=O) groups excluding carboxylic acids is 2. The lowest BCUT2D eigenvalue weighted by atomic mass is 10.2. The number of anilines is 1.